The van der Waals surface area contributed by atoms with Crippen molar-refractivity contribution in [3.05, 3.63) is 81.1 Å². The Morgan fingerprint density at radius 2 is 1.94 bits per heavy atom. The van der Waals surface area contributed by atoms with E-state index in [0.29, 0.717) is 6.04 Å². The lowest BCUT2D eigenvalue weighted by Gasteiger charge is -2.39. The Labute approximate surface area is 195 Å². The highest BCUT2D eigenvalue weighted by Gasteiger charge is 2.28. The lowest BCUT2D eigenvalue weighted by Crippen LogP contribution is -2.44. The lowest BCUT2D eigenvalue weighted by molar-refractivity contribution is 0.164. The first-order valence-electron chi connectivity index (χ1n) is 11.8. The fourth-order valence-electron chi connectivity index (χ4n) is 4.91. The molecule has 3 aromatic rings. The van der Waals surface area contributed by atoms with Crippen molar-refractivity contribution in [2.75, 3.05) is 31.6 Å². The van der Waals surface area contributed by atoms with Crippen LogP contribution in [0.3, 0.4) is 0 Å². The van der Waals surface area contributed by atoms with Gasteiger partial charge in [-0.2, -0.15) is 11.8 Å². The summed E-state index contributed by atoms with van der Waals surface area (Å²) < 4.78 is 0. The third kappa shape index (κ3) is 5.11. The third-order valence-electron chi connectivity index (χ3n) is 6.76. The van der Waals surface area contributed by atoms with Gasteiger partial charge in [-0.25, -0.2) is 0 Å². The molecule has 5 heteroatoms. The van der Waals surface area contributed by atoms with Crippen LogP contribution in [0.15, 0.2) is 53.3 Å². The average Bonchev–Trinajstić information content (AvgIpc) is 2.81. The van der Waals surface area contributed by atoms with Crippen LogP contribution in [0.4, 0.5) is 0 Å². The molecule has 2 aromatic carbocycles. The van der Waals surface area contributed by atoms with E-state index in [1.165, 1.54) is 35.3 Å². The summed E-state index contributed by atoms with van der Waals surface area (Å²) in [4.78, 5) is 17.9. The van der Waals surface area contributed by atoms with Crippen molar-refractivity contribution in [1.82, 2.24) is 15.2 Å². The number of benzene rings is 2. The Morgan fingerprint density at radius 1 is 1.16 bits per heavy atom. The zero-order valence-electron chi connectivity index (χ0n) is 19.5. The molecule has 0 bridgehead atoms. The minimum atomic E-state index is 0.0271. The number of hydrogen-bond acceptors (Lipinski definition) is 4. The number of H-pyrrole nitrogens is 1. The van der Waals surface area contributed by atoms with Gasteiger partial charge in [-0.1, -0.05) is 37.3 Å². The van der Waals surface area contributed by atoms with Gasteiger partial charge in [-0.15, -0.1) is 0 Å². The van der Waals surface area contributed by atoms with Gasteiger partial charge >= 0.3 is 0 Å². The first-order valence-corrected chi connectivity index (χ1v) is 13.2. The van der Waals surface area contributed by atoms with Crippen LogP contribution in [-0.4, -0.2) is 47.6 Å². The number of nitrogens with zero attached hydrogens (tertiary/aromatic N) is 1. The molecule has 0 saturated carbocycles. The molecule has 2 N–H and O–H groups in total. The van der Waals surface area contributed by atoms with Crippen molar-refractivity contribution in [2.24, 2.45) is 0 Å². The zero-order chi connectivity index (χ0) is 22.5. The van der Waals surface area contributed by atoms with E-state index in [1.54, 1.807) is 0 Å². The summed E-state index contributed by atoms with van der Waals surface area (Å²) in [6.07, 6.45) is 5.27. The van der Waals surface area contributed by atoms with Gasteiger partial charge in [-0.05, 0) is 72.7 Å². The molecule has 32 heavy (non-hydrogen) atoms. The quantitative estimate of drug-likeness (QED) is 0.480. The van der Waals surface area contributed by atoms with Crippen molar-refractivity contribution in [3.63, 3.8) is 0 Å². The highest BCUT2D eigenvalue weighted by molar-refractivity contribution is 7.98. The number of aryl methyl sites for hydroxylation is 2. The minimum absolute atomic E-state index is 0.0271. The van der Waals surface area contributed by atoms with Crippen LogP contribution in [0.5, 0.6) is 0 Å². The summed E-state index contributed by atoms with van der Waals surface area (Å²) >= 11 is 1.90. The second-order valence-electron chi connectivity index (χ2n) is 8.84. The van der Waals surface area contributed by atoms with E-state index >= 15 is 0 Å². The second kappa shape index (κ2) is 10.7. The van der Waals surface area contributed by atoms with Gasteiger partial charge in [0.2, 0.25) is 0 Å². The Bertz CT molecular complexity index is 1100. The molecular formula is C27H35N3OS. The number of piperidine rings is 1. The van der Waals surface area contributed by atoms with Gasteiger partial charge in [0.25, 0.3) is 5.56 Å². The Kier molecular flexibility index (Phi) is 7.71. The van der Waals surface area contributed by atoms with E-state index in [-0.39, 0.29) is 11.6 Å². The Balaban J connectivity index is 1.66. The molecule has 0 radical (unpaired) electrons. The van der Waals surface area contributed by atoms with Crippen molar-refractivity contribution in [1.29, 1.82) is 0 Å². The minimum Gasteiger partial charge on any atom is -0.322 e. The summed E-state index contributed by atoms with van der Waals surface area (Å²) in [5, 5.41) is 4.85. The summed E-state index contributed by atoms with van der Waals surface area (Å²) in [7, 11) is 0. The lowest BCUT2D eigenvalue weighted by atomic mass is 9.90. The topological polar surface area (TPSA) is 48.1 Å². The molecular weight excluding hydrogens is 414 g/mol. The molecule has 1 unspecified atom stereocenters. The summed E-state index contributed by atoms with van der Waals surface area (Å²) in [6.45, 7) is 7.51. The number of rotatable bonds is 8. The van der Waals surface area contributed by atoms with Crippen molar-refractivity contribution < 1.29 is 0 Å². The smallest absolute Gasteiger partial charge is 0.251 e. The molecule has 1 saturated heterocycles. The first-order chi connectivity index (χ1) is 15.6. The van der Waals surface area contributed by atoms with Crippen LogP contribution in [0.1, 0.15) is 48.1 Å². The van der Waals surface area contributed by atoms with E-state index < -0.39 is 0 Å². The van der Waals surface area contributed by atoms with Crippen molar-refractivity contribution in [2.45, 2.75) is 45.2 Å². The highest BCUT2D eigenvalue weighted by atomic mass is 32.2. The van der Waals surface area contributed by atoms with E-state index in [2.05, 4.69) is 76.9 Å². The van der Waals surface area contributed by atoms with E-state index in [9.17, 15) is 4.79 Å². The second-order valence-corrected chi connectivity index (χ2v) is 9.83. The van der Waals surface area contributed by atoms with E-state index in [0.717, 1.165) is 42.5 Å². The van der Waals surface area contributed by atoms with E-state index in [4.69, 9.17) is 0 Å². The van der Waals surface area contributed by atoms with Crippen LogP contribution in [-0.2, 0) is 6.42 Å². The predicted molar refractivity (Wildman–Crippen MR) is 138 cm³/mol. The van der Waals surface area contributed by atoms with Gasteiger partial charge in [0.05, 0.1) is 6.04 Å². The average molecular weight is 450 g/mol. The van der Waals surface area contributed by atoms with Crippen molar-refractivity contribution in [3.8, 4) is 0 Å². The number of nitrogens with one attached hydrogen (secondary N) is 2. The molecule has 1 aliphatic rings. The largest absolute Gasteiger partial charge is 0.322 e. The Hall–Kier alpha value is -2.08. The molecule has 1 fully saturated rings. The molecule has 4 nitrogen and oxygen atoms in total. The molecule has 1 aromatic heterocycles. The molecule has 0 aliphatic carbocycles. The molecule has 1 aliphatic heterocycles. The van der Waals surface area contributed by atoms with E-state index in [1.807, 2.05) is 18.7 Å². The first kappa shape index (κ1) is 23.1. The maximum absolute atomic E-state index is 12.3. The fraction of sp³-hybridized carbons (Fsp3) is 0.444. The molecule has 2 heterocycles. The highest BCUT2D eigenvalue weighted by Crippen LogP contribution is 2.34. The molecule has 0 spiro atoms. The molecule has 1 atom stereocenters. The Morgan fingerprint density at radius 3 is 2.66 bits per heavy atom. The van der Waals surface area contributed by atoms with Crippen LogP contribution in [0.25, 0.3) is 10.9 Å². The van der Waals surface area contributed by atoms with Crippen LogP contribution in [0, 0.1) is 6.92 Å². The zero-order valence-corrected chi connectivity index (χ0v) is 20.3. The molecule has 0 amide bonds. The number of fused-ring (bicyclic) bond motifs is 1. The number of hydrogen-bond donors (Lipinski definition) is 2. The number of thioether (sulfide) groups is 1. The fourth-order valence-corrected chi connectivity index (χ4v) is 5.23. The van der Waals surface area contributed by atoms with Crippen molar-refractivity contribution >= 4 is 22.7 Å². The third-order valence-corrected chi connectivity index (χ3v) is 7.37. The van der Waals surface area contributed by atoms with Gasteiger partial charge in [0.1, 0.15) is 0 Å². The number of aromatic nitrogens is 1. The maximum Gasteiger partial charge on any atom is 0.251 e. The number of pyridine rings is 1. The van der Waals surface area contributed by atoms with Gasteiger partial charge in [0, 0.05) is 42.5 Å². The summed E-state index contributed by atoms with van der Waals surface area (Å²) in [5.41, 5.74) is 5.79. The number of likely N-dealkylation sites (tertiary alicyclic amines) is 1. The van der Waals surface area contributed by atoms with Crippen LogP contribution >= 0.6 is 11.8 Å². The SMILES string of the molecule is CCc1cc2cc(C(c3ccccc3C)N3CCC(NCCSC)CC3)ccc2[nH]c1=O. The standard InChI is InChI=1S/C27H35N3OS/c1-4-20-17-22-18-21(9-10-25(22)29-27(20)31)26(24-8-6-5-7-19(24)2)30-14-11-23(12-15-30)28-13-16-32-3/h5-10,17-18,23,26,28H,4,11-16H2,1-3H3,(H,29,31). The van der Waals surface area contributed by atoms with Crippen LogP contribution in [0.2, 0.25) is 0 Å². The summed E-state index contributed by atoms with van der Waals surface area (Å²) in [5.74, 6) is 1.17. The summed E-state index contributed by atoms with van der Waals surface area (Å²) in [6, 6.07) is 18.2. The predicted octanol–water partition coefficient (Wildman–Crippen LogP) is 4.91. The normalized spacial score (nSPS) is 16.5. The molecule has 170 valence electrons. The monoisotopic (exact) mass is 449 g/mol. The van der Waals surface area contributed by atoms with Crippen LogP contribution < -0.4 is 10.9 Å². The number of aromatic amines is 1. The van der Waals surface area contributed by atoms with Gasteiger partial charge in [0.15, 0.2) is 0 Å². The van der Waals surface area contributed by atoms with Gasteiger partial charge in [-0.3, -0.25) is 9.69 Å². The molecule has 4 rings (SSSR count). The van der Waals surface area contributed by atoms with Gasteiger partial charge < -0.3 is 10.3 Å². The maximum atomic E-state index is 12.3.